The van der Waals surface area contributed by atoms with Crippen LogP contribution in [0.5, 0.6) is 0 Å². The van der Waals surface area contributed by atoms with E-state index in [0.717, 1.165) is 23.4 Å². The standard InChI is InChI=1S/C11H8ClN3OS/c12-11-14-13-9(17-11)10(16)15-6-5-7-3-1-2-4-8(7)15/h1-4H,5-6H2. The molecule has 1 aromatic carbocycles. The van der Waals surface area contributed by atoms with Gasteiger partial charge in [0, 0.05) is 12.2 Å². The minimum Gasteiger partial charge on any atom is -0.306 e. The number of para-hydroxylation sites is 1. The van der Waals surface area contributed by atoms with Crippen molar-refractivity contribution in [3.05, 3.63) is 39.3 Å². The lowest BCUT2D eigenvalue weighted by atomic mass is 10.2. The number of carbonyl (C=O) groups is 1. The topological polar surface area (TPSA) is 46.1 Å². The van der Waals surface area contributed by atoms with E-state index in [4.69, 9.17) is 11.6 Å². The number of hydrogen-bond donors (Lipinski definition) is 0. The summed E-state index contributed by atoms with van der Waals surface area (Å²) in [4.78, 5) is 13.9. The molecule has 0 saturated carbocycles. The van der Waals surface area contributed by atoms with E-state index in [1.54, 1.807) is 4.90 Å². The Morgan fingerprint density at radius 1 is 1.35 bits per heavy atom. The maximum absolute atomic E-state index is 12.2. The lowest BCUT2D eigenvalue weighted by Gasteiger charge is -2.14. The molecule has 0 radical (unpaired) electrons. The molecule has 17 heavy (non-hydrogen) atoms. The molecule has 0 unspecified atom stereocenters. The van der Waals surface area contributed by atoms with E-state index in [1.807, 2.05) is 24.3 Å². The lowest BCUT2D eigenvalue weighted by molar-refractivity contribution is 0.0988. The quantitative estimate of drug-likeness (QED) is 0.795. The average Bonchev–Trinajstić information content (AvgIpc) is 2.94. The van der Waals surface area contributed by atoms with Crippen LogP contribution in [0, 0.1) is 0 Å². The third-order valence-electron chi connectivity index (χ3n) is 2.72. The summed E-state index contributed by atoms with van der Waals surface area (Å²) in [6.45, 7) is 0.690. The van der Waals surface area contributed by atoms with Gasteiger partial charge < -0.3 is 4.90 Å². The molecule has 0 fully saturated rings. The number of nitrogens with zero attached hydrogens (tertiary/aromatic N) is 3. The molecule has 6 heteroatoms. The average molecular weight is 266 g/mol. The molecule has 2 aromatic rings. The Morgan fingerprint density at radius 3 is 2.94 bits per heavy atom. The number of rotatable bonds is 1. The first kappa shape index (κ1) is 10.7. The van der Waals surface area contributed by atoms with Crippen molar-refractivity contribution in [3.8, 4) is 0 Å². The van der Waals surface area contributed by atoms with Crippen LogP contribution in [0.3, 0.4) is 0 Å². The van der Waals surface area contributed by atoms with Gasteiger partial charge >= 0.3 is 0 Å². The molecule has 0 aliphatic carbocycles. The number of hydrogen-bond acceptors (Lipinski definition) is 4. The van der Waals surface area contributed by atoms with Gasteiger partial charge in [-0.25, -0.2) is 0 Å². The van der Waals surface area contributed by atoms with Crippen LogP contribution in [0.25, 0.3) is 0 Å². The molecule has 86 valence electrons. The third kappa shape index (κ3) is 1.81. The molecule has 1 aliphatic heterocycles. The van der Waals surface area contributed by atoms with Gasteiger partial charge in [-0.3, -0.25) is 4.79 Å². The SMILES string of the molecule is O=C(c1nnc(Cl)s1)N1CCc2ccccc21. The molecule has 1 aliphatic rings. The molecule has 1 amide bonds. The predicted molar refractivity (Wildman–Crippen MR) is 66.7 cm³/mol. The molecular weight excluding hydrogens is 258 g/mol. The predicted octanol–water partition coefficient (Wildman–Crippen LogP) is 2.39. The molecule has 3 rings (SSSR count). The minimum absolute atomic E-state index is 0.126. The molecule has 1 aromatic heterocycles. The minimum atomic E-state index is -0.126. The van der Waals surface area contributed by atoms with Crippen LogP contribution >= 0.6 is 22.9 Å². The summed E-state index contributed by atoms with van der Waals surface area (Å²) in [6, 6.07) is 7.89. The first-order valence-corrected chi connectivity index (χ1v) is 6.34. The van der Waals surface area contributed by atoms with Crippen LogP contribution in [-0.4, -0.2) is 22.6 Å². The molecular formula is C11H8ClN3OS. The van der Waals surface area contributed by atoms with Crippen molar-refractivity contribution in [2.45, 2.75) is 6.42 Å². The second-order valence-electron chi connectivity index (χ2n) is 3.70. The maximum atomic E-state index is 12.2. The zero-order valence-corrected chi connectivity index (χ0v) is 10.3. The highest BCUT2D eigenvalue weighted by molar-refractivity contribution is 7.17. The van der Waals surface area contributed by atoms with E-state index < -0.39 is 0 Å². The van der Waals surface area contributed by atoms with E-state index in [2.05, 4.69) is 10.2 Å². The van der Waals surface area contributed by atoms with Gasteiger partial charge in [0.1, 0.15) is 0 Å². The van der Waals surface area contributed by atoms with Gasteiger partial charge in [0.25, 0.3) is 5.91 Å². The van der Waals surface area contributed by atoms with Crippen molar-refractivity contribution < 1.29 is 4.79 Å². The van der Waals surface area contributed by atoms with Crippen molar-refractivity contribution in [2.24, 2.45) is 0 Å². The monoisotopic (exact) mass is 265 g/mol. The van der Waals surface area contributed by atoms with Crippen molar-refractivity contribution >= 4 is 34.5 Å². The highest BCUT2D eigenvalue weighted by Crippen LogP contribution is 2.29. The molecule has 0 spiro atoms. The summed E-state index contributed by atoms with van der Waals surface area (Å²) >= 11 is 6.79. The van der Waals surface area contributed by atoms with Gasteiger partial charge in [-0.2, -0.15) is 0 Å². The van der Waals surface area contributed by atoms with Crippen LogP contribution in [0.2, 0.25) is 4.47 Å². The van der Waals surface area contributed by atoms with Crippen molar-refractivity contribution in [3.63, 3.8) is 0 Å². The van der Waals surface area contributed by atoms with Gasteiger partial charge in [0.15, 0.2) is 0 Å². The van der Waals surface area contributed by atoms with Gasteiger partial charge in [-0.15, -0.1) is 10.2 Å². The summed E-state index contributed by atoms with van der Waals surface area (Å²) in [7, 11) is 0. The van der Waals surface area contributed by atoms with Crippen LogP contribution in [-0.2, 0) is 6.42 Å². The Bertz CT molecular complexity index is 584. The summed E-state index contributed by atoms with van der Waals surface area (Å²) < 4.78 is 0.292. The van der Waals surface area contributed by atoms with Crippen LogP contribution in [0.15, 0.2) is 24.3 Å². The molecule has 0 atom stereocenters. The number of amides is 1. The number of fused-ring (bicyclic) bond motifs is 1. The highest BCUT2D eigenvalue weighted by Gasteiger charge is 2.27. The van der Waals surface area contributed by atoms with Gasteiger partial charge in [0.05, 0.1) is 0 Å². The second kappa shape index (κ2) is 4.09. The van der Waals surface area contributed by atoms with E-state index in [0.29, 0.717) is 16.0 Å². The van der Waals surface area contributed by atoms with Gasteiger partial charge in [-0.1, -0.05) is 29.5 Å². The molecule has 0 N–H and O–H groups in total. The van der Waals surface area contributed by atoms with E-state index in [1.165, 1.54) is 5.56 Å². The lowest BCUT2D eigenvalue weighted by Crippen LogP contribution is -2.28. The summed E-state index contributed by atoms with van der Waals surface area (Å²) in [5.41, 5.74) is 2.15. The smallest absolute Gasteiger partial charge is 0.289 e. The third-order valence-corrected chi connectivity index (χ3v) is 3.72. The zero-order valence-electron chi connectivity index (χ0n) is 8.76. The Labute approximate surface area is 107 Å². The number of anilines is 1. The normalized spacial score (nSPS) is 13.8. The Balaban J connectivity index is 1.95. The first-order chi connectivity index (χ1) is 8.25. The number of aromatic nitrogens is 2. The zero-order chi connectivity index (χ0) is 11.8. The fraction of sp³-hybridized carbons (Fsp3) is 0.182. The Morgan fingerprint density at radius 2 is 2.18 bits per heavy atom. The van der Waals surface area contributed by atoms with Crippen molar-refractivity contribution in [1.82, 2.24) is 10.2 Å². The highest BCUT2D eigenvalue weighted by atomic mass is 35.5. The summed E-state index contributed by atoms with van der Waals surface area (Å²) in [6.07, 6.45) is 0.883. The Kier molecular flexibility index (Phi) is 2.57. The van der Waals surface area contributed by atoms with Gasteiger partial charge in [-0.05, 0) is 29.7 Å². The van der Waals surface area contributed by atoms with Crippen LogP contribution in [0.1, 0.15) is 15.4 Å². The molecule has 2 heterocycles. The molecule has 0 saturated heterocycles. The van der Waals surface area contributed by atoms with E-state index in [9.17, 15) is 4.79 Å². The second-order valence-corrected chi connectivity index (χ2v) is 5.26. The van der Waals surface area contributed by atoms with Crippen LogP contribution in [0.4, 0.5) is 5.69 Å². The fourth-order valence-corrected chi connectivity index (χ4v) is 2.73. The molecule has 4 nitrogen and oxygen atoms in total. The first-order valence-electron chi connectivity index (χ1n) is 5.14. The fourth-order valence-electron chi connectivity index (χ4n) is 1.96. The number of carbonyl (C=O) groups excluding carboxylic acids is 1. The van der Waals surface area contributed by atoms with E-state index >= 15 is 0 Å². The Hall–Kier alpha value is -1.46. The summed E-state index contributed by atoms with van der Waals surface area (Å²) in [5, 5.41) is 7.77. The largest absolute Gasteiger partial charge is 0.306 e. The maximum Gasteiger partial charge on any atom is 0.289 e. The number of halogens is 1. The van der Waals surface area contributed by atoms with Crippen LogP contribution < -0.4 is 4.90 Å². The van der Waals surface area contributed by atoms with Crippen molar-refractivity contribution in [2.75, 3.05) is 11.4 Å². The summed E-state index contributed by atoms with van der Waals surface area (Å²) in [5.74, 6) is -0.126. The van der Waals surface area contributed by atoms with Gasteiger partial charge in [0.2, 0.25) is 9.47 Å². The van der Waals surface area contributed by atoms with Crippen molar-refractivity contribution in [1.29, 1.82) is 0 Å². The van der Waals surface area contributed by atoms with E-state index in [-0.39, 0.29) is 5.91 Å². The number of benzene rings is 1. The molecule has 0 bridgehead atoms.